The molecule has 1 aromatic heterocycles. The third-order valence-electron chi connectivity index (χ3n) is 3.32. The molecule has 1 nitrogen and oxygen atoms in total. The molecular weight excluding hydrogens is 228 g/mol. The first-order chi connectivity index (χ1) is 8.13. The zero-order valence-corrected chi connectivity index (χ0v) is 11.4. The minimum absolute atomic E-state index is 0.166. The van der Waals surface area contributed by atoms with Crippen LogP contribution in [0.3, 0.4) is 0 Å². The molecule has 1 heterocycles. The third kappa shape index (κ3) is 2.42. The van der Waals surface area contributed by atoms with Crippen LogP contribution in [0.25, 0.3) is 10.1 Å². The Kier molecular flexibility index (Phi) is 3.63. The van der Waals surface area contributed by atoms with Crippen molar-refractivity contribution in [3.63, 3.8) is 0 Å². The van der Waals surface area contributed by atoms with Crippen molar-refractivity contribution in [2.24, 2.45) is 5.92 Å². The molecule has 0 N–H and O–H groups in total. The Labute approximate surface area is 106 Å². The van der Waals surface area contributed by atoms with E-state index in [1.54, 1.807) is 18.3 Å². The fraction of sp³-hybridized carbons (Fsp3) is 0.400. The number of benzene rings is 1. The Morgan fingerprint density at radius 2 is 2.18 bits per heavy atom. The van der Waals surface area contributed by atoms with E-state index < -0.39 is 0 Å². The van der Waals surface area contributed by atoms with E-state index in [-0.39, 0.29) is 5.78 Å². The maximum atomic E-state index is 11.7. The van der Waals surface area contributed by atoms with Crippen LogP contribution in [0.15, 0.2) is 23.6 Å². The normalized spacial score (nSPS) is 12.9. The van der Waals surface area contributed by atoms with E-state index in [2.05, 4.69) is 25.3 Å². The average molecular weight is 246 g/mol. The lowest BCUT2D eigenvalue weighted by atomic mass is 9.95. The monoisotopic (exact) mass is 246 g/mol. The largest absolute Gasteiger partial charge is 0.294 e. The SMILES string of the molecule is CCC(C)Cc1csc2cccc(C(C)=O)c12. The third-order valence-corrected chi connectivity index (χ3v) is 4.32. The Morgan fingerprint density at radius 3 is 2.82 bits per heavy atom. The highest BCUT2D eigenvalue weighted by atomic mass is 32.1. The quantitative estimate of drug-likeness (QED) is 0.715. The molecule has 90 valence electrons. The number of Topliss-reactive ketones (excluding diaryl/α,β-unsaturated/α-hetero) is 1. The molecule has 0 aliphatic carbocycles. The van der Waals surface area contributed by atoms with Crippen molar-refractivity contribution in [1.82, 2.24) is 0 Å². The van der Waals surface area contributed by atoms with Crippen molar-refractivity contribution < 1.29 is 4.79 Å². The maximum absolute atomic E-state index is 11.7. The van der Waals surface area contributed by atoms with Gasteiger partial charge in [-0.2, -0.15) is 0 Å². The van der Waals surface area contributed by atoms with E-state index in [4.69, 9.17) is 0 Å². The van der Waals surface area contributed by atoms with Crippen molar-refractivity contribution in [1.29, 1.82) is 0 Å². The molecule has 0 bridgehead atoms. The smallest absolute Gasteiger partial charge is 0.160 e. The molecule has 1 aromatic carbocycles. The molecule has 0 radical (unpaired) electrons. The topological polar surface area (TPSA) is 17.1 Å². The summed E-state index contributed by atoms with van der Waals surface area (Å²) in [6.45, 7) is 6.13. The Bertz CT molecular complexity index is 539. The van der Waals surface area contributed by atoms with Crippen LogP contribution in [0.1, 0.15) is 43.1 Å². The number of carbonyl (C=O) groups excluding carboxylic acids is 1. The van der Waals surface area contributed by atoms with Crippen LogP contribution in [0.4, 0.5) is 0 Å². The van der Waals surface area contributed by atoms with Crippen molar-refractivity contribution in [3.8, 4) is 0 Å². The van der Waals surface area contributed by atoms with Gasteiger partial charge in [0, 0.05) is 15.6 Å². The molecule has 2 rings (SSSR count). The molecule has 2 aromatic rings. The van der Waals surface area contributed by atoms with E-state index in [0.29, 0.717) is 5.92 Å². The van der Waals surface area contributed by atoms with Gasteiger partial charge in [-0.15, -0.1) is 11.3 Å². The summed E-state index contributed by atoms with van der Waals surface area (Å²) in [4.78, 5) is 11.7. The standard InChI is InChI=1S/C15H18OS/c1-4-10(2)8-12-9-17-14-7-5-6-13(11(3)16)15(12)14/h5-7,9-10H,4,8H2,1-3H3. The lowest BCUT2D eigenvalue weighted by Crippen LogP contribution is -1.99. The lowest BCUT2D eigenvalue weighted by molar-refractivity contribution is 0.101. The molecule has 0 aliphatic heterocycles. The molecule has 17 heavy (non-hydrogen) atoms. The molecule has 0 saturated heterocycles. The minimum atomic E-state index is 0.166. The number of fused-ring (bicyclic) bond motifs is 1. The van der Waals surface area contributed by atoms with Crippen LogP contribution in [-0.2, 0) is 6.42 Å². The first-order valence-corrected chi connectivity index (χ1v) is 7.01. The molecule has 0 aliphatic rings. The summed E-state index contributed by atoms with van der Waals surface area (Å²) < 4.78 is 1.23. The number of ketones is 1. The van der Waals surface area contributed by atoms with E-state index in [9.17, 15) is 4.79 Å². The second kappa shape index (κ2) is 5.01. The van der Waals surface area contributed by atoms with Crippen molar-refractivity contribution in [3.05, 3.63) is 34.7 Å². The molecular formula is C15H18OS. The average Bonchev–Trinajstić information content (AvgIpc) is 2.72. The number of carbonyl (C=O) groups is 1. The van der Waals surface area contributed by atoms with Crippen LogP contribution in [-0.4, -0.2) is 5.78 Å². The number of hydrogen-bond acceptors (Lipinski definition) is 2. The molecule has 0 fully saturated rings. The molecule has 0 saturated carbocycles. The first kappa shape index (κ1) is 12.3. The van der Waals surface area contributed by atoms with Crippen LogP contribution >= 0.6 is 11.3 Å². The Hall–Kier alpha value is -1.15. The van der Waals surface area contributed by atoms with Gasteiger partial charge >= 0.3 is 0 Å². The van der Waals surface area contributed by atoms with Crippen LogP contribution in [0.2, 0.25) is 0 Å². The summed E-state index contributed by atoms with van der Waals surface area (Å²) >= 11 is 1.75. The predicted octanol–water partition coefficient (Wildman–Crippen LogP) is 4.69. The van der Waals surface area contributed by atoms with Gasteiger partial charge in [-0.1, -0.05) is 32.4 Å². The fourth-order valence-corrected chi connectivity index (χ4v) is 3.12. The summed E-state index contributed by atoms with van der Waals surface area (Å²) in [5.41, 5.74) is 2.22. The van der Waals surface area contributed by atoms with E-state index >= 15 is 0 Å². The van der Waals surface area contributed by atoms with E-state index in [0.717, 1.165) is 12.0 Å². The van der Waals surface area contributed by atoms with Gasteiger partial charge in [-0.25, -0.2) is 0 Å². The maximum Gasteiger partial charge on any atom is 0.160 e. The Balaban J connectivity index is 2.53. The second-order valence-electron chi connectivity index (χ2n) is 4.71. The predicted molar refractivity (Wildman–Crippen MR) is 75.0 cm³/mol. The minimum Gasteiger partial charge on any atom is -0.294 e. The van der Waals surface area contributed by atoms with Gasteiger partial charge in [-0.3, -0.25) is 4.79 Å². The lowest BCUT2D eigenvalue weighted by Gasteiger charge is -2.08. The second-order valence-corrected chi connectivity index (χ2v) is 5.62. The molecule has 2 heteroatoms. The summed E-state index contributed by atoms with van der Waals surface area (Å²) in [7, 11) is 0. The van der Waals surface area contributed by atoms with Gasteiger partial charge in [0.1, 0.15) is 0 Å². The first-order valence-electron chi connectivity index (χ1n) is 6.13. The molecule has 1 unspecified atom stereocenters. The van der Waals surface area contributed by atoms with Gasteiger partial charge in [0.25, 0.3) is 0 Å². The van der Waals surface area contributed by atoms with E-state index in [1.165, 1.54) is 22.1 Å². The summed E-state index contributed by atoms with van der Waals surface area (Å²) in [6.07, 6.45) is 2.25. The molecule has 0 spiro atoms. The molecule has 1 atom stereocenters. The zero-order chi connectivity index (χ0) is 12.4. The number of rotatable bonds is 4. The van der Waals surface area contributed by atoms with Gasteiger partial charge in [0.15, 0.2) is 5.78 Å². The summed E-state index contributed by atoms with van der Waals surface area (Å²) in [5.74, 6) is 0.840. The summed E-state index contributed by atoms with van der Waals surface area (Å²) in [5, 5.41) is 3.40. The van der Waals surface area contributed by atoms with Crippen molar-refractivity contribution in [2.45, 2.75) is 33.6 Å². The van der Waals surface area contributed by atoms with Crippen molar-refractivity contribution in [2.75, 3.05) is 0 Å². The van der Waals surface area contributed by atoms with Gasteiger partial charge in [0.05, 0.1) is 0 Å². The fourth-order valence-electron chi connectivity index (χ4n) is 2.12. The highest BCUT2D eigenvalue weighted by Crippen LogP contribution is 2.31. The highest BCUT2D eigenvalue weighted by Gasteiger charge is 2.13. The highest BCUT2D eigenvalue weighted by molar-refractivity contribution is 7.17. The van der Waals surface area contributed by atoms with Gasteiger partial charge in [0.2, 0.25) is 0 Å². The van der Waals surface area contributed by atoms with Crippen LogP contribution < -0.4 is 0 Å². The summed E-state index contributed by atoms with van der Waals surface area (Å²) in [6, 6.07) is 6.02. The Morgan fingerprint density at radius 1 is 1.41 bits per heavy atom. The van der Waals surface area contributed by atoms with Gasteiger partial charge < -0.3 is 0 Å². The number of hydrogen-bond donors (Lipinski definition) is 0. The van der Waals surface area contributed by atoms with Crippen molar-refractivity contribution >= 4 is 27.2 Å². The van der Waals surface area contributed by atoms with Crippen LogP contribution in [0, 0.1) is 5.92 Å². The molecule has 0 amide bonds. The van der Waals surface area contributed by atoms with Crippen LogP contribution in [0.5, 0.6) is 0 Å². The zero-order valence-electron chi connectivity index (χ0n) is 10.6. The van der Waals surface area contributed by atoms with E-state index in [1.807, 2.05) is 12.1 Å². The van der Waals surface area contributed by atoms with Gasteiger partial charge in [-0.05, 0) is 36.3 Å². The number of thiophene rings is 1.